The molecule has 0 aliphatic heterocycles. The lowest BCUT2D eigenvalue weighted by atomic mass is 9.93. The van der Waals surface area contributed by atoms with Gasteiger partial charge in [-0.25, -0.2) is 0 Å². The van der Waals surface area contributed by atoms with Crippen LogP contribution >= 0.6 is 7.60 Å². The quantitative estimate of drug-likeness (QED) is 0.203. The maximum Gasteiger partial charge on any atom is 0.325 e. The third-order valence-corrected chi connectivity index (χ3v) is 6.90. The van der Waals surface area contributed by atoms with E-state index in [1.165, 1.54) is 47.9 Å². The van der Waals surface area contributed by atoms with Crippen molar-refractivity contribution in [3.63, 3.8) is 0 Å². The SMILES string of the molecule is CCCCCCc1ccc(-c2ccc(CCCCCP(=O)(O)O)cc2-c2ccccc2)nc1. The minimum absolute atomic E-state index is 0.0263. The third-order valence-electron chi connectivity index (χ3n) is 6.00. The maximum absolute atomic E-state index is 11.0. The van der Waals surface area contributed by atoms with Gasteiger partial charge in [-0.15, -0.1) is 0 Å². The summed E-state index contributed by atoms with van der Waals surface area (Å²) in [6, 6.07) is 21.3. The smallest absolute Gasteiger partial charge is 0.324 e. The molecule has 5 heteroatoms. The fraction of sp³-hybridized carbons (Fsp3) is 0.393. The molecule has 0 radical (unpaired) electrons. The molecule has 176 valence electrons. The number of pyridine rings is 1. The first-order valence-corrected chi connectivity index (χ1v) is 13.9. The Labute approximate surface area is 198 Å². The van der Waals surface area contributed by atoms with Gasteiger partial charge in [0.15, 0.2) is 0 Å². The number of unbranched alkanes of at least 4 members (excludes halogenated alkanes) is 5. The molecule has 0 spiro atoms. The van der Waals surface area contributed by atoms with Crippen LogP contribution in [0.2, 0.25) is 0 Å². The minimum Gasteiger partial charge on any atom is -0.324 e. The van der Waals surface area contributed by atoms with Crippen LogP contribution in [0.25, 0.3) is 22.4 Å². The molecule has 0 aliphatic rings. The zero-order valence-electron chi connectivity index (χ0n) is 19.6. The van der Waals surface area contributed by atoms with Crippen molar-refractivity contribution in [2.75, 3.05) is 6.16 Å². The van der Waals surface area contributed by atoms with E-state index in [-0.39, 0.29) is 6.16 Å². The summed E-state index contributed by atoms with van der Waals surface area (Å²) in [5.41, 5.74) is 6.99. The summed E-state index contributed by atoms with van der Waals surface area (Å²) in [6.07, 6.45) is 11.3. The number of hydrogen-bond donors (Lipinski definition) is 2. The summed E-state index contributed by atoms with van der Waals surface area (Å²) in [6.45, 7) is 2.23. The Morgan fingerprint density at radius 1 is 0.758 bits per heavy atom. The van der Waals surface area contributed by atoms with Crippen LogP contribution in [-0.2, 0) is 17.4 Å². The lowest BCUT2D eigenvalue weighted by molar-refractivity contribution is 0.371. The molecule has 3 rings (SSSR count). The van der Waals surface area contributed by atoms with Crippen molar-refractivity contribution < 1.29 is 14.4 Å². The summed E-state index contributed by atoms with van der Waals surface area (Å²) >= 11 is 0. The predicted molar refractivity (Wildman–Crippen MR) is 137 cm³/mol. The minimum atomic E-state index is -3.89. The Kier molecular flexibility index (Phi) is 9.87. The number of aryl methyl sites for hydroxylation is 2. The second-order valence-corrected chi connectivity index (χ2v) is 10.6. The summed E-state index contributed by atoms with van der Waals surface area (Å²) in [4.78, 5) is 22.8. The number of nitrogens with zero attached hydrogens (tertiary/aromatic N) is 1. The summed E-state index contributed by atoms with van der Waals surface area (Å²) in [7, 11) is -3.89. The molecule has 0 saturated carbocycles. The summed E-state index contributed by atoms with van der Waals surface area (Å²) < 4.78 is 11.0. The van der Waals surface area contributed by atoms with Gasteiger partial charge in [-0.3, -0.25) is 9.55 Å². The molecule has 0 atom stereocenters. The van der Waals surface area contributed by atoms with Crippen molar-refractivity contribution in [1.82, 2.24) is 4.98 Å². The highest BCUT2D eigenvalue weighted by atomic mass is 31.2. The van der Waals surface area contributed by atoms with Crippen molar-refractivity contribution >= 4 is 7.60 Å². The van der Waals surface area contributed by atoms with E-state index in [2.05, 4.69) is 61.5 Å². The van der Waals surface area contributed by atoms with E-state index >= 15 is 0 Å². The van der Waals surface area contributed by atoms with Gasteiger partial charge in [0, 0.05) is 17.9 Å². The van der Waals surface area contributed by atoms with Gasteiger partial charge in [0.2, 0.25) is 0 Å². The molecule has 0 fully saturated rings. The van der Waals surface area contributed by atoms with E-state index < -0.39 is 7.60 Å². The van der Waals surface area contributed by atoms with Crippen LogP contribution in [0, 0.1) is 0 Å². The molecule has 0 aliphatic carbocycles. The highest BCUT2D eigenvalue weighted by molar-refractivity contribution is 7.51. The number of benzene rings is 2. The molecule has 0 bridgehead atoms. The first kappa shape index (κ1) is 25.4. The largest absolute Gasteiger partial charge is 0.325 e. The van der Waals surface area contributed by atoms with Gasteiger partial charge in [0.25, 0.3) is 0 Å². The van der Waals surface area contributed by atoms with E-state index in [4.69, 9.17) is 14.8 Å². The Morgan fingerprint density at radius 2 is 1.45 bits per heavy atom. The van der Waals surface area contributed by atoms with Crippen LogP contribution in [-0.4, -0.2) is 20.9 Å². The molecule has 0 unspecified atom stereocenters. The van der Waals surface area contributed by atoms with Crippen LogP contribution in [0.5, 0.6) is 0 Å². The zero-order chi connectivity index (χ0) is 23.5. The lowest BCUT2D eigenvalue weighted by Crippen LogP contribution is -1.94. The van der Waals surface area contributed by atoms with Crippen molar-refractivity contribution in [1.29, 1.82) is 0 Å². The second kappa shape index (κ2) is 12.8. The zero-order valence-corrected chi connectivity index (χ0v) is 20.5. The van der Waals surface area contributed by atoms with E-state index in [1.807, 2.05) is 12.3 Å². The molecule has 1 aromatic heterocycles. The summed E-state index contributed by atoms with van der Waals surface area (Å²) in [5.74, 6) is 0. The normalized spacial score (nSPS) is 11.6. The highest BCUT2D eigenvalue weighted by Gasteiger charge is 2.12. The highest BCUT2D eigenvalue weighted by Crippen LogP contribution is 2.36. The predicted octanol–water partition coefficient (Wildman–Crippen LogP) is 7.43. The Hall–Kier alpha value is -2.26. The average Bonchev–Trinajstić information content (AvgIpc) is 2.82. The number of rotatable bonds is 13. The second-order valence-electron chi connectivity index (χ2n) is 8.81. The van der Waals surface area contributed by atoms with Crippen LogP contribution < -0.4 is 0 Å². The Morgan fingerprint density at radius 3 is 2.12 bits per heavy atom. The molecule has 1 heterocycles. The summed E-state index contributed by atoms with van der Waals surface area (Å²) in [5, 5.41) is 0. The Balaban J connectivity index is 1.74. The van der Waals surface area contributed by atoms with Crippen LogP contribution in [0.15, 0.2) is 66.9 Å². The van der Waals surface area contributed by atoms with Crippen LogP contribution in [0.3, 0.4) is 0 Å². The first-order chi connectivity index (χ1) is 16.0. The molecule has 3 aromatic rings. The lowest BCUT2D eigenvalue weighted by Gasteiger charge is -2.13. The van der Waals surface area contributed by atoms with Gasteiger partial charge in [-0.1, -0.05) is 87.2 Å². The van der Waals surface area contributed by atoms with Crippen molar-refractivity contribution in [3.05, 3.63) is 78.0 Å². The van der Waals surface area contributed by atoms with Crippen molar-refractivity contribution in [3.8, 4) is 22.4 Å². The maximum atomic E-state index is 11.0. The molecular weight excluding hydrogens is 429 g/mol. The van der Waals surface area contributed by atoms with Gasteiger partial charge in [-0.2, -0.15) is 0 Å². The monoisotopic (exact) mass is 465 g/mol. The van der Waals surface area contributed by atoms with E-state index in [0.717, 1.165) is 36.9 Å². The molecule has 2 aromatic carbocycles. The average molecular weight is 466 g/mol. The number of aromatic nitrogens is 1. The van der Waals surface area contributed by atoms with E-state index in [9.17, 15) is 4.57 Å². The molecule has 33 heavy (non-hydrogen) atoms. The Bertz CT molecular complexity index is 1030. The van der Waals surface area contributed by atoms with Gasteiger partial charge in [0.1, 0.15) is 0 Å². The van der Waals surface area contributed by atoms with E-state index in [0.29, 0.717) is 6.42 Å². The first-order valence-electron chi connectivity index (χ1n) is 12.1. The standard InChI is InChI=1S/C28H36NO3P/c1-2-3-4-7-13-24-17-19-28(29-22-24)26-18-16-23(12-8-6-11-20-33(30,31)32)21-27(26)25-14-9-5-10-15-25/h5,9-10,14-19,21-22H,2-4,6-8,11-13,20H2,1H3,(H2,30,31,32). The van der Waals surface area contributed by atoms with Crippen molar-refractivity contribution in [2.24, 2.45) is 0 Å². The van der Waals surface area contributed by atoms with Gasteiger partial charge in [-0.05, 0) is 60.4 Å². The van der Waals surface area contributed by atoms with Crippen LogP contribution in [0.1, 0.15) is 63.0 Å². The van der Waals surface area contributed by atoms with Crippen LogP contribution in [0.4, 0.5) is 0 Å². The number of hydrogen-bond acceptors (Lipinski definition) is 2. The molecular formula is C28H36NO3P. The van der Waals surface area contributed by atoms with Gasteiger partial charge < -0.3 is 9.79 Å². The third kappa shape index (κ3) is 8.55. The molecule has 0 saturated heterocycles. The molecule has 2 N–H and O–H groups in total. The fourth-order valence-electron chi connectivity index (χ4n) is 4.14. The fourth-order valence-corrected chi connectivity index (χ4v) is 4.77. The topological polar surface area (TPSA) is 70.4 Å². The van der Waals surface area contributed by atoms with Gasteiger partial charge in [0.05, 0.1) is 5.69 Å². The molecule has 0 amide bonds. The molecule has 4 nitrogen and oxygen atoms in total. The van der Waals surface area contributed by atoms with Crippen molar-refractivity contribution in [2.45, 2.75) is 64.7 Å². The van der Waals surface area contributed by atoms with E-state index in [1.54, 1.807) is 0 Å². The van der Waals surface area contributed by atoms with Gasteiger partial charge >= 0.3 is 7.60 Å².